The molecular weight excluding hydrogens is 425 g/mol. The number of rotatable bonds is 4. The van der Waals surface area contributed by atoms with Crippen molar-refractivity contribution in [3.8, 4) is 5.69 Å². The number of amides is 2. The van der Waals surface area contributed by atoms with Gasteiger partial charge in [0.1, 0.15) is 11.2 Å². The lowest BCUT2D eigenvalue weighted by Crippen LogP contribution is -2.46. The van der Waals surface area contributed by atoms with Crippen LogP contribution >= 0.6 is 0 Å². The lowest BCUT2D eigenvalue weighted by molar-refractivity contribution is 0.246. The Morgan fingerprint density at radius 2 is 1.79 bits per heavy atom. The maximum Gasteiger partial charge on any atom is 0.319 e. The molecule has 1 aliphatic heterocycles. The van der Waals surface area contributed by atoms with Crippen LogP contribution in [-0.2, 0) is 0 Å². The minimum absolute atomic E-state index is 0.0213. The van der Waals surface area contributed by atoms with Gasteiger partial charge in [-0.05, 0) is 49.2 Å². The molecule has 3 N–H and O–H groups in total. The molecule has 5 rings (SSSR count). The number of urea groups is 1. The lowest BCUT2D eigenvalue weighted by atomic mass is 10.1. The first kappa shape index (κ1) is 20.7. The predicted octanol–water partition coefficient (Wildman–Crippen LogP) is 3.04. The molecule has 2 amide bonds. The van der Waals surface area contributed by atoms with E-state index in [4.69, 9.17) is 0 Å². The summed E-state index contributed by atoms with van der Waals surface area (Å²) in [7, 11) is 0. The van der Waals surface area contributed by atoms with Crippen LogP contribution < -0.4 is 21.1 Å². The smallest absolute Gasteiger partial charge is 0.319 e. The predicted molar refractivity (Wildman–Crippen MR) is 123 cm³/mol. The molecule has 0 aliphatic carbocycles. The van der Waals surface area contributed by atoms with Gasteiger partial charge in [0.15, 0.2) is 5.65 Å². The Balaban J connectivity index is 1.26. The van der Waals surface area contributed by atoms with Crippen molar-refractivity contribution in [2.45, 2.75) is 18.9 Å². The average Bonchev–Trinajstić information content (AvgIpc) is 3.26. The molecule has 0 saturated carbocycles. The van der Waals surface area contributed by atoms with Gasteiger partial charge in [0.25, 0.3) is 5.56 Å². The quantitative estimate of drug-likeness (QED) is 0.446. The van der Waals surface area contributed by atoms with Crippen LogP contribution in [0.5, 0.6) is 0 Å². The summed E-state index contributed by atoms with van der Waals surface area (Å²) < 4.78 is 14.7. The molecule has 33 heavy (non-hydrogen) atoms. The number of para-hydroxylation sites is 1. The van der Waals surface area contributed by atoms with Gasteiger partial charge < -0.3 is 15.5 Å². The van der Waals surface area contributed by atoms with Gasteiger partial charge in [0.2, 0.25) is 5.95 Å². The fourth-order valence-corrected chi connectivity index (χ4v) is 3.94. The van der Waals surface area contributed by atoms with E-state index >= 15 is 0 Å². The Morgan fingerprint density at radius 3 is 2.52 bits per heavy atom. The van der Waals surface area contributed by atoms with Crippen molar-refractivity contribution in [2.75, 3.05) is 23.3 Å². The number of H-pyrrole nitrogens is 1. The molecule has 9 nitrogen and oxygen atoms in total. The Kier molecular flexibility index (Phi) is 5.47. The van der Waals surface area contributed by atoms with Gasteiger partial charge in [0, 0.05) is 24.8 Å². The van der Waals surface area contributed by atoms with Crippen LogP contribution in [0.4, 0.5) is 20.8 Å². The zero-order valence-corrected chi connectivity index (χ0v) is 17.7. The number of aromatic nitrogens is 4. The summed E-state index contributed by atoms with van der Waals surface area (Å²) in [6, 6.07) is 14.8. The first-order valence-electron chi connectivity index (χ1n) is 10.7. The number of nitrogens with zero attached hydrogens (tertiary/aromatic N) is 4. The van der Waals surface area contributed by atoms with Crippen molar-refractivity contribution in [1.29, 1.82) is 0 Å². The summed E-state index contributed by atoms with van der Waals surface area (Å²) in [4.78, 5) is 34.4. The second-order valence-electron chi connectivity index (χ2n) is 7.89. The molecule has 1 saturated heterocycles. The molecule has 3 heterocycles. The van der Waals surface area contributed by atoms with Crippen LogP contribution in [0.3, 0.4) is 0 Å². The van der Waals surface area contributed by atoms with Crippen molar-refractivity contribution in [2.24, 2.45) is 0 Å². The molecule has 0 unspecified atom stereocenters. The minimum Gasteiger partial charge on any atom is -0.342 e. The highest BCUT2D eigenvalue weighted by Crippen LogP contribution is 2.19. The van der Waals surface area contributed by atoms with Crippen molar-refractivity contribution in [1.82, 2.24) is 25.1 Å². The van der Waals surface area contributed by atoms with Gasteiger partial charge >= 0.3 is 6.03 Å². The van der Waals surface area contributed by atoms with E-state index in [1.54, 1.807) is 4.68 Å². The molecule has 4 aromatic rings. The molecule has 0 radical (unpaired) electrons. The van der Waals surface area contributed by atoms with Gasteiger partial charge in [-0.3, -0.25) is 9.78 Å². The Labute approximate surface area is 188 Å². The van der Waals surface area contributed by atoms with E-state index in [1.807, 2.05) is 35.2 Å². The van der Waals surface area contributed by atoms with E-state index in [9.17, 15) is 14.0 Å². The van der Waals surface area contributed by atoms with E-state index < -0.39 is 0 Å². The van der Waals surface area contributed by atoms with Gasteiger partial charge in [-0.25, -0.2) is 13.9 Å². The van der Waals surface area contributed by atoms with E-state index in [0.717, 1.165) is 5.69 Å². The summed E-state index contributed by atoms with van der Waals surface area (Å²) in [6.07, 6.45) is 2.90. The second kappa shape index (κ2) is 8.73. The van der Waals surface area contributed by atoms with Crippen LogP contribution in [0, 0.1) is 5.82 Å². The zero-order valence-electron chi connectivity index (χ0n) is 17.7. The van der Waals surface area contributed by atoms with Gasteiger partial charge in [-0.1, -0.05) is 18.2 Å². The van der Waals surface area contributed by atoms with Crippen LogP contribution in [-0.4, -0.2) is 44.9 Å². The summed E-state index contributed by atoms with van der Waals surface area (Å²) >= 11 is 0. The molecule has 2 aromatic heterocycles. The van der Waals surface area contributed by atoms with E-state index in [-0.39, 0.29) is 23.4 Å². The number of anilines is 2. The number of hydrogen-bond donors (Lipinski definition) is 3. The zero-order chi connectivity index (χ0) is 22.8. The molecule has 10 heteroatoms. The molecular formula is C23H22FN7O2. The Bertz CT molecular complexity index is 1330. The molecule has 0 spiro atoms. The molecule has 1 fully saturated rings. The normalized spacial score (nSPS) is 14.4. The highest BCUT2D eigenvalue weighted by atomic mass is 19.1. The number of fused-ring (bicyclic) bond motifs is 1. The van der Waals surface area contributed by atoms with Gasteiger partial charge in [-0.2, -0.15) is 10.1 Å². The van der Waals surface area contributed by atoms with Crippen molar-refractivity contribution >= 4 is 28.7 Å². The third-order valence-electron chi connectivity index (χ3n) is 5.66. The summed E-state index contributed by atoms with van der Waals surface area (Å²) in [6.45, 7) is 1.24. The van der Waals surface area contributed by atoms with E-state index in [1.165, 1.54) is 30.5 Å². The number of halogens is 1. The molecule has 168 valence electrons. The third-order valence-corrected chi connectivity index (χ3v) is 5.66. The maximum atomic E-state index is 13.0. The first-order valence-corrected chi connectivity index (χ1v) is 10.7. The Hall–Kier alpha value is -4.21. The standard InChI is InChI=1S/C23H22FN7O2/c24-15-6-8-16(9-7-15)26-23(33)27-17-10-12-30(13-11-17)22-28-20-19(21(32)29-22)14-25-31(20)18-4-2-1-3-5-18/h1-9,14,17H,10-13H2,(H2,26,27,33)(H,28,29,32). The fraction of sp³-hybridized carbons (Fsp3) is 0.217. The number of carbonyl (C=O) groups excluding carboxylic acids is 1. The lowest BCUT2D eigenvalue weighted by Gasteiger charge is -2.32. The number of aromatic amines is 1. The number of carbonyl (C=O) groups is 1. The largest absolute Gasteiger partial charge is 0.342 e. The van der Waals surface area contributed by atoms with Crippen molar-refractivity contribution < 1.29 is 9.18 Å². The van der Waals surface area contributed by atoms with Crippen LogP contribution in [0.25, 0.3) is 16.7 Å². The summed E-state index contributed by atoms with van der Waals surface area (Å²) in [5, 5.41) is 10.4. The second-order valence-corrected chi connectivity index (χ2v) is 7.89. The van der Waals surface area contributed by atoms with E-state index in [2.05, 4.69) is 25.7 Å². The van der Waals surface area contributed by atoms with Gasteiger partial charge in [0.05, 0.1) is 11.9 Å². The van der Waals surface area contributed by atoms with Crippen LogP contribution in [0.1, 0.15) is 12.8 Å². The SMILES string of the molecule is O=C(Nc1ccc(F)cc1)NC1CCN(c2nc3c(cnn3-c3ccccc3)c(=O)[nH]2)CC1. The highest BCUT2D eigenvalue weighted by molar-refractivity contribution is 5.89. The maximum absolute atomic E-state index is 13.0. The van der Waals surface area contributed by atoms with Crippen molar-refractivity contribution in [3.63, 3.8) is 0 Å². The van der Waals surface area contributed by atoms with Gasteiger partial charge in [-0.15, -0.1) is 0 Å². The molecule has 2 aromatic carbocycles. The third kappa shape index (κ3) is 4.40. The fourth-order valence-electron chi connectivity index (χ4n) is 3.94. The van der Waals surface area contributed by atoms with Crippen LogP contribution in [0.15, 0.2) is 65.6 Å². The average molecular weight is 447 g/mol. The summed E-state index contributed by atoms with van der Waals surface area (Å²) in [5.74, 6) is 0.129. The molecule has 1 aliphatic rings. The monoisotopic (exact) mass is 447 g/mol. The number of piperidine rings is 1. The minimum atomic E-state index is -0.356. The van der Waals surface area contributed by atoms with Crippen molar-refractivity contribution in [3.05, 3.63) is 77.0 Å². The highest BCUT2D eigenvalue weighted by Gasteiger charge is 2.23. The molecule has 0 atom stereocenters. The summed E-state index contributed by atoms with van der Waals surface area (Å²) in [5.41, 5.74) is 1.61. The number of nitrogens with one attached hydrogen (secondary N) is 3. The number of hydrogen-bond acceptors (Lipinski definition) is 5. The first-order chi connectivity index (χ1) is 16.1. The molecule has 0 bridgehead atoms. The van der Waals surface area contributed by atoms with E-state index in [0.29, 0.717) is 48.6 Å². The van der Waals surface area contributed by atoms with Crippen LogP contribution in [0.2, 0.25) is 0 Å². The number of benzene rings is 2. The topological polar surface area (TPSA) is 108 Å². The Morgan fingerprint density at radius 1 is 1.06 bits per heavy atom.